The van der Waals surface area contributed by atoms with Crippen molar-refractivity contribution in [2.24, 2.45) is 4.99 Å². The summed E-state index contributed by atoms with van der Waals surface area (Å²) in [7, 11) is 0.359. The number of nitrogens with one attached hydrogen (secondary N) is 2. The fourth-order valence-corrected chi connectivity index (χ4v) is 4.66. The van der Waals surface area contributed by atoms with Crippen LogP contribution >= 0.6 is 0 Å². The molecule has 8 heteroatoms. The molecule has 2 aromatic rings. The summed E-state index contributed by atoms with van der Waals surface area (Å²) in [4.78, 5) is 4.17. The first-order valence-electron chi connectivity index (χ1n) is 9.06. The second-order valence-corrected chi connectivity index (χ2v) is 8.80. The number of aliphatic imine (C=N–C) groups is 1. The summed E-state index contributed by atoms with van der Waals surface area (Å²) in [5.74, 6) is 3.03. The monoisotopic (exact) mass is 403 g/mol. The van der Waals surface area contributed by atoms with Crippen LogP contribution in [0.3, 0.4) is 0 Å². The highest BCUT2D eigenvalue weighted by atomic mass is 32.2. The molecule has 0 radical (unpaired) electrons. The summed E-state index contributed by atoms with van der Waals surface area (Å²) in [6.45, 7) is 0.564. The number of benzene rings is 2. The van der Waals surface area contributed by atoms with Gasteiger partial charge in [-0.1, -0.05) is 24.3 Å². The van der Waals surface area contributed by atoms with Gasteiger partial charge >= 0.3 is 0 Å². The van der Waals surface area contributed by atoms with Crippen molar-refractivity contribution in [2.75, 3.05) is 25.7 Å². The maximum atomic E-state index is 11.6. The van der Waals surface area contributed by atoms with E-state index in [0.717, 1.165) is 5.56 Å². The van der Waals surface area contributed by atoms with Crippen LogP contribution < -0.4 is 20.1 Å². The Bertz CT molecular complexity index is 927. The first-order valence-corrected chi connectivity index (χ1v) is 10.9. The normalized spacial score (nSPS) is 18.5. The molecule has 2 aromatic carbocycles. The fraction of sp³-hybridized carbons (Fsp3) is 0.350. The first-order chi connectivity index (χ1) is 13.5. The Morgan fingerprint density at radius 3 is 2.46 bits per heavy atom. The number of nitrogens with zero attached hydrogens (tertiary/aromatic N) is 1. The van der Waals surface area contributed by atoms with Gasteiger partial charge in [0, 0.05) is 19.6 Å². The molecule has 0 bridgehead atoms. The molecule has 0 saturated carbocycles. The zero-order valence-corrected chi connectivity index (χ0v) is 16.8. The number of para-hydroxylation sites is 2. The van der Waals surface area contributed by atoms with Gasteiger partial charge in [0.1, 0.15) is 5.75 Å². The molecule has 3 rings (SSSR count). The summed E-state index contributed by atoms with van der Waals surface area (Å²) in [6, 6.07) is 15.1. The number of ether oxygens (including phenoxy) is 2. The third-order valence-corrected chi connectivity index (χ3v) is 6.25. The zero-order valence-electron chi connectivity index (χ0n) is 16.0. The topological polar surface area (TPSA) is 89.0 Å². The fourth-order valence-electron chi connectivity index (χ4n) is 2.99. The summed E-state index contributed by atoms with van der Waals surface area (Å²) in [5.41, 5.74) is 1.05. The maximum absolute atomic E-state index is 11.6. The highest BCUT2D eigenvalue weighted by Crippen LogP contribution is 2.30. The van der Waals surface area contributed by atoms with E-state index < -0.39 is 9.84 Å². The molecule has 2 N–H and O–H groups in total. The van der Waals surface area contributed by atoms with E-state index in [9.17, 15) is 8.42 Å². The van der Waals surface area contributed by atoms with Crippen molar-refractivity contribution in [3.63, 3.8) is 0 Å². The minimum Gasteiger partial charge on any atom is -0.493 e. The van der Waals surface area contributed by atoms with Gasteiger partial charge in [0.25, 0.3) is 0 Å². The second kappa shape index (κ2) is 8.97. The van der Waals surface area contributed by atoms with Crippen LogP contribution in [0.25, 0.3) is 0 Å². The van der Waals surface area contributed by atoms with E-state index in [-0.39, 0.29) is 17.5 Å². The minimum atomic E-state index is -2.92. The van der Waals surface area contributed by atoms with E-state index in [4.69, 9.17) is 9.47 Å². The van der Waals surface area contributed by atoms with E-state index >= 15 is 0 Å². The van der Waals surface area contributed by atoms with Crippen molar-refractivity contribution < 1.29 is 17.9 Å². The molecule has 0 amide bonds. The number of sulfone groups is 1. The van der Waals surface area contributed by atoms with Gasteiger partial charge in [-0.05, 0) is 36.2 Å². The standard InChI is InChI=1S/C20H25N3O4S/c1-21-20(23-16-11-12-28(24,25)14-16)22-13-15-7-9-17(10-8-15)27-19-6-4-3-5-18(19)26-2/h3-10,16H,11-14H2,1-2H3,(H2,21,22,23). The lowest BCUT2D eigenvalue weighted by molar-refractivity contribution is 0.379. The van der Waals surface area contributed by atoms with Crippen molar-refractivity contribution in [1.29, 1.82) is 0 Å². The van der Waals surface area contributed by atoms with Crippen LogP contribution in [0.1, 0.15) is 12.0 Å². The third-order valence-electron chi connectivity index (χ3n) is 4.48. The molecule has 1 unspecified atom stereocenters. The van der Waals surface area contributed by atoms with Crippen LogP contribution in [0.5, 0.6) is 17.2 Å². The molecule has 0 spiro atoms. The number of hydrogen-bond acceptors (Lipinski definition) is 5. The molecule has 1 fully saturated rings. The zero-order chi connectivity index (χ0) is 20.0. The highest BCUT2D eigenvalue weighted by molar-refractivity contribution is 7.91. The number of methoxy groups -OCH3 is 1. The SMILES string of the molecule is CN=C(NCc1ccc(Oc2ccccc2OC)cc1)NC1CCS(=O)(=O)C1. The van der Waals surface area contributed by atoms with E-state index in [2.05, 4.69) is 15.6 Å². The summed E-state index contributed by atoms with van der Waals surface area (Å²) < 4.78 is 34.3. The number of hydrogen-bond donors (Lipinski definition) is 2. The average molecular weight is 404 g/mol. The predicted octanol–water partition coefficient (Wildman–Crippen LogP) is 2.34. The van der Waals surface area contributed by atoms with E-state index in [1.165, 1.54) is 0 Å². The van der Waals surface area contributed by atoms with Gasteiger partial charge in [0.15, 0.2) is 27.3 Å². The van der Waals surface area contributed by atoms with Crippen molar-refractivity contribution in [3.8, 4) is 17.2 Å². The quantitative estimate of drug-likeness (QED) is 0.569. The third kappa shape index (κ3) is 5.39. The molecule has 1 aliphatic heterocycles. The molecule has 1 saturated heterocycles. The first kappa shape index (κ1) is 20.0. The summed E-state index contributed by atoms with van der Waals surface area (Å²) >= 11 is 0. The highest BCUT2D eigenvalue weighted by Gasteiger charge is 2.28. The molecule has 150 valence electrons. The maximum Gasteiger partial charge on any atom is 0.191 e. The van der Waals surface area contributed by atoms with Crippen molar-refractivity contribution in [2.45, 2.75) is 19.0 Å². The Kier molecular flexibility index (Phi) is 6.41. The van der Waals surface area contributed by atoms with Gasteiger partial charge in [-0.15, -0.1) is 0 Å². The van der Waals surface area contributed by atoms with Crippen LogP contribution in [0.15, 0.2) is 53.5 Å². The largest absolute Gasteiger partial charge is 0.493 e. The summed E-state index contributed by atoms with van der Waals surface area (Å²) in [6.07, 6.45) is 0.609. The van der Waals surface area contributed by atoms with E-state index in [0.29, 0.717) is 36.2 Å². The second-order valence-electron chi connectivity index (χ2n) is 6.57. The van der Waals surface area contributed by atoms with Crippen LogP contribution in [-0.2, 0) is 16.4 Å². The molecular formula is C20H25N3O4S. The lowest BCUT2D eigenvalue weighted by Crippen LogP contribution is -2.43. The van der Waals surface area contributed by atoms with Crippen molar-refractivity contribution in [3.05, 3.63) is 54.1 Å². The van der Waals surface area contributed by atoms with Crippen LogP contribution in [0, 0.1) is 0 Å². The molecule has 0 aliphatic carbocycles. The van der Waals surface area contributed by atoms with Gasteiger partial charge in [-0.3, -0.25) is 4.99 Å². The Hall–Kier alpha value is -2.74. The van der Waals surface area contributed by atoms with Gasteiger partial charge in [-0.25, -0.2) is 8.42 Å². The minimum absolute atomic E-state index is 0.0900. The van der Waals surface area contributed by atoms with Gasteiger partial charge < -0.3 is 20.1 Å². The Morgan fingerprint density at radius 2 is 1.86 bits per heavy atom. The number of rotatable bonds is 6. The molecule has 28 heavy (non-hydrogen) atoms. The van der Waals surface area contributed by atoms with Crippen LogP contribution in [-0.4, -0.2) is 46.1 Å². The molecule has 0 aromatic heterocycles. The Morgan fingerprint density at radius 1 is 1.14 bits per heavy atom. The number of guanidine groups is 1. The molecule has 1 heterocycles. The lowest BCUT2D eigenvalue weighted by Gasteiger charge is -2.16. The van der Waals surface area contributed by atoms with E-state index in [1.807, 2.05) is 48.5 Å². The van der Waals surface area contributed by atoms with Crippen LogP contribution in [0.4, 0.5) is 0 Å². The Labute approximate surface area is 165 Å². The Balaban J connectivity index is 1.54. The summed E-state index contributed by atoms with van der Waals surface area (Å²) in [5, 5.41) is 6.38. The molecule has 7 nitrogen and oxygen atoms in total. The molecule has 1 aliphatic rings. The van der Waals surface area contributed by atoms with E-state index in [1.54, 1.807) is 14.2 Å². The smallest absolute Gasteiger partial charge is 0.191 e. The molecule has 1 atom stereocenters. The van der Waals surface area contributed by atoms with Gasteiger partial charge in [0.2, 0.25) is 0 Å². The predicted molar refractivity (Wildman–Crippen MR) is 110 cm³/mol. The van der Waals surface area contributed by atoms with Crippen molar-refractivity contribution in [1.82, 2.24) is 10.6 Å². The average Bonchev–Trinajstić information content (AvgIpc) is 3.05. The van der Waals surface area contributed by atoms with Gasteiger partial charge in [-0.2, -0.15) is 0 Å². The van der Waals surface area contributed by atoms with Gasteiger partial charge in [0.05, 0.1) is 18.6 Å². The lowest BCUT2D eigenvalue weighted by atomic mass is 10.2. The van der Waals surface area contributed by atoms with Crippen LogP contribution in [0.2, 0.25) is 0 Å². The molecular weight excluding hydrogens is 378 g/mol. The van der Waals surface area contributed by atoms with Crippen molar-refractivity contribution >= 4 is 15.8 Å².